The van der Waals surface area contributed by atoms with E-state index < -0.39 is 12.8 Å². The van der Waals surface area contributed by atoms with E-state index in [0.717, 1.165) is 22.4 Å². The summed E-state index contributed by atoms with van der Waals surface area (Å²) in [5.74, 6) is 1.27. The number of oxazole rings is 1. The molecule has 2 N–H and O–H groups in total. The minimum atomic E-state index is -4.36. The number of ether oxygens (including phenoxy) is 1. The van der Waals surface area contributed by atoms with E-state index in [0.29, 0.717) is 24.9 Å². The van der Waals surface area contributed by atoms with Gasteiger partial charge in [0, 0.05) is 19.2 Å². The Bertz CT molecular complexity index is 997. The Kier molecular flexibility index (Phi) is 7.17. The molecule has 6 nitrogen and oxygen atoms in total. The van der Waals surface area contributed by atoms with E-state index in [1.165, 1.54) is 12.1 Å². The maximum atomic E-state index is 12.2. The molecule has 0 atom stereocenters. The molecule has 0 amide bonds. The first kappa shape index (κ1) is 22.2. The molecule has 0 bridgehead atoms. The van der Waals surface area contributed by atoms with Crippen LogP contribution in [0.3, 0.4) is 0 Å². The highest BCUT2D eigenvalue weighted by Crippen LogP contribution is 2.20. The first-order valence-corrected chi connectivity index (χ1v) is 9.57. The third-order valence-corrected chi connectivity index (χ3v) is 4.30. The zero-order chi connectivity index (χ0) is 22.3. The van der Waals surface area contributed by atoms with Crippen LogP contribution in [0.15, 0.2) is 64.2 Å². The van der Waals surface area contributed by atoms with Crippen molar-refractivity contribution in [1.82, 2.24) is 15.6 Å². The fourth-order valence-corrected chi connectivity index (χ4v) is 2.67. The zero-order valence-corrected chi connectivity index (χ0v) is 17.2. The zero-order valence-electron chi connectivity index (χ0n) is 17.2. The summed E-state index contributed by atoms with van der Waals surface area (Å²) in [5.41, 5.74) is 3.66. The van der Waals surface area contributed by atoms with Gasteiger partial charge in [-0.25, -0.2) is 4.98 Å². The molecule has 0 unspecified atom stereocenters. The highest BCUT2D eigenvalue weighted by atomic mass is 19.4. The first-order chi connectivity index (χ1) is 14.8. The molecule has 2 aromatic carbocycles. The Labute approximate surface area is 178 Å². The molecule has 31 heavy (non-hydrogen) atoms. The highest BCUT2D eigenvalue weighted by Gasteiger charge is 2.28. The molecule has 0 radical (unpaired) electrons. The fraction of sp³-hybridized carbons (Fsp3) is 0.273. The lowest BCUT2D eigenvalue weighted by atomic mass is 10.1. The van der Waals surface area contributed by atoms with Crippen molar-refractivity contribution in [3.8, 4) is 17.2 Å². The number of hydrogen-bond donors (Lipinski definition) is 2. The third-order valence-electron chi connectivity index (χ3n) is 4.30. The molecule has 0 aliphatic carbocycles. The smallest absolute Gasteiger partial charge is 0.422 e. The highest BCUT2D eigenvalue weighted by molar-refractivity contribution is 5.79. The van der Waals surface area contributed by atoms with Crippen molar-refractivity contribution in [3.63, 3.8) is 0 Å². The molecule has 3 rings (SSSR count). The Morgan fingerprint density at radius 2 is 1.71 bits per heavy atom. The van der Waals surface area contributed by atoms with Gasteiger partial charge in [0.1, 0.15) is 12.0 Å². The second kappa shape index (κ2) is 10.0. The molecule has 9 heteroatoms. The van der Waals surface area contributed by atoms with E-state index in [2.05, 4.69) is 20.6 Å². The Morgan fingerprint density at radius 3 is 2.35 bits per heavy atom. The SMILES string of the molecule is CN=C(NCc1ccc(OCC(F)(F)F)cc1)NCc1coc(-c2ccc(C)cc2)n1. The average Bonchev–Trinajstić information content (AvgIpc) is 3.22. The molecule has 0 aliphatic rings. The maximum Gasteiger partial charge on any atom is 0.422 e. The number of aliphatic imine (C=N–C) groups is 1. The van der Waals surface area contributed by atoms with Crippen LogP contribution in [0.4, 0.5) is 13.2 Å². The number of alkyl halides is 3. The quantitative estimate of drug-likeness (QED) is 0.426. The van der Waals surface area contributed by atoms with E-state index in [-0.39, 0.29) is 5.75 Å². The number of aryl methyl sites for hydroxylation is 1. The number of nitrogens with zero attached hydrogens (tertiary/aromatic N) is 2. The van der Waals surface area contributed by atoms with Crippen molar-refractivity contribution in [2.45, 2.75) is 26.2 Å². The van der Waals surface area contributed by atoms with E-state index in [4.69, 9.17) is 9.15 Å². The lowest BCUT2D eigenvalue weighted by Crippen LogP contribution is -2.36. The van der Waals surface area contributed by atoms with Crippen molar-refractivity contribution < 1.29 is 22.3 Å². The summed E-state index contributed by atoms with van der Waals surface area (Å²) in [6.45, 7) is 1.56. The van der Waals surface area contributed by atoms with Gasteiger partial charge in [-0.15, -0.1) is 0 Å². The largest absolute Gasteiger partial charge is 0.484 e. The Hall–Kier alpha value is -3.49. The van der Waals surface area contributed by atoms with Crippen LogP contribution in [0.2, 0.25) is 0 Å². The van der Waals surface area contributed by atoms with Crippen molar-refractivity contribution >= 4 is 5.96 Å². The molecule has 164 valence electrons. The van der Waals surface area contributed by atoms with Gasteiger partial charge in [-0.2, -0.15) is 13.2 Å². The number of halogens is 3. The van der Waals surface area contributed by atoms with E-state index in [1.54, 1.807) is 25.4 Å². The molecular weight excluding hydrogens is 409 g/mol. The first-order valence-electron chi connectivity index (χ1n) is 9.57. The van der Waals surface area contributed by atoms with Gasteiger partial charge in [-0.3, -0.25) is 4.99 Å². The summed E-state index contributed by atoms with van der Waals surface area (Å²) < 4.78 is 46.8. The molecule has 0 saturated heterocycles. The predicted octanol–water partition coefficient (Wildman–Crippen LogP) is 4.46. The number of hydrogen-bond acceptors (Lipinski definition) is 4. The van der Waals surface area contributed by atoms with Crippen LogP contribution in [0.5, 0.6) is 5.75 Å². The van der Waals surface area contributed by atoms with Gasteiger partial charge in [0.2, 0.25) is 5.89 Å². The summed E-state index contributed by atoms with van der Waals surface area (Å²) in [7, 11) is 1.64. The molecule has 0 fully saturated rings. The minimum absolute atomic E-state index is 0.166. The number of guanidine groups is 1. The molecule has 1 heterocycles. The molecule has 0 saturated carbocycles. The Morgan fingerprint density at radius 1 is 1.03 bits per heavy atom. The van der Waals surface area contributed by atoms with Gasteiger partial charge >= 0.3 is 6.18 Å². The average molecular weight is 432 g/mol. The van der Waals surface area contributed by atoms with Gasteiger partial charge in [0.25, 0.3) is 0 Å². The number of rotatable bonds is 7. The van der Waals surface area contributed by atoms with Crippen LogP contribution in [0.25, 0.3) is 11.5 Å². The van der Waals surface area contributed by atoms with Crippen molar-refractivity contribution in [2.75, 3.05) is 13.7 Å². The molecule has 1 aromatic heterocycles. The van der Waals surface area contributed by atoms with Gasteiger partial charge in [-0.05, 0) is 36.8 Å². The molecule has 0 spiro atoms. The van der Waals surface area contributed by atoms with Crippen LogP contribution < -0.4 is 15.4 Å². The van der Waals surface area contributed by atoms with Crippen molar-refractivity contribution in [3.05, 3.63) is 71.6 Å². The van der Waals surface area contributed by atoms with Gasteiger partial charge in [0.15, 0.2) is 12.6 Å². The Balaban J connectivity index is 1.47. The summed E-state index contributed by atoms with van der Waals surface area (Å²) in [6.07, 6.45) is -2.77. The van der Waals surface area contributed by atoms with Crippen LogP contribution in [0, 0.1) is 6.92 Å². The van der Waals surface area contributed by atoms with Gasteiger partial charge < -0.3 is 19.8 Å². The van der Waals surface area contributed by atoms with Crippen LogP contribution in [-0.4, -0.2) is 30.8 Å². The summed E-state index contributed by atoms with van der Waals surface area (Å²) in [5, 5.41) is 6.28. The second-order valence-electron chi connectivity index (χ2n) is 6.84. The van der Waals surface area contributed by atoms with Crippen LogP contribution in [-0.2, 0) is 13.1 Å². The van der Waals surface area contributed by atoms with Gasteiger partial charge in [-0.1, -0.05) is 29.8 Å². The van der Waals surface area contributed by atoms with Crippen LogP contribution >= 0.6 is 0 Å². The van der Waals surface area contributed by atoms with E-state index >= 15 is 0 Å². The monoisotopic (exact) mass is 432 g/mol. The van der Waals surface area contributed by atoms with E-state index in [1.807, 2.05) is 31.2 Å². The fourth-order valence-electron chi connectivity index (χ4n) is 2.67. The lowest BCUT2D eigenvalue weighted by molar-refractivity contribution is -0.153. The van der Waals surface area contributed by atoms with Crippen molar-refractivity contribution in [2.24, 2.45) is 4.99 Å². The minimum Gasteiger partial charge on any atom is -0.484 e. The summed E-state index contributed by atoms with van der Waals surface area (Å²) >= 11 is 0. The lowest BCUT2D eigenvalue weighted by Gasteiger charge is -2.12. The van der Waals surface area contributed by atoms with Gasteiger partial charge in [0.05, 0.1) is 12.2 Å². The molecule has 3 aromatic rings. The van der Waals surface area contributed by atoms with E-state index in [9.17, 15) is 13.2 Å². The number of nitrogens with one attached hydrogen (secondary N) is 2. The van der Waals surface area contributed by atoms with Crippen LogP contribution in [0.1, 0.15) is 16.8 Å². The standard InChI is InChI=1S/C22H23F3N4O2/c1-15-3-7-17(8-4-15)20-29-18(13-30-20)12-28-21(26-2)27-11-16-5-9-19(10-6-16)31-14-22(23,24)25/h3-10,13H,11-12,14H2,1-2H3,(H2,26,27,28). The normalized spacial score (nSPS) is 12.0. The second-order valence-corrected chi connectivity index (χ2v) is 6.84. The topological polar surface area (TPSA) is 71.7 Å². The maximum absolute atomic E-state index is 12.2. The summed E-state index contributed by atoms with van der Waals surface area (Å²) in [4.78, 5) is 8.63. The summed E-state index contributed by atoms with van der Waals surface area (Å²) in [6, 6.07) is 14.3. The predicted molar refractivity (Wildman–Crippen MR) is 112 cm³/mol. The number of aromatic nitrogens is 1. The van der Waals surface area contributed by atoms with Crippen molar-refractivity contribution in [1.29, 1.82) is 0 Å². The molecule has 0 aliphatic heterocycles. The third kappa shape index (κ3) is 7.06. The number of benzene rings is 2. The molecular formula is C22H23F3N4O2.